The molecule has 95 heavy (non-hydrogen) atoms. The minimum absolute atomic E-state index is 0.00331. The topological polar surface area (TPSA) is 377 Å². The molecule has 0 aliphatic heterocycles. The Kier molecular flexibility index (Phi) is 16.9. The van der Waals surface area contributed by atoms with Crippen molar-refractivity contribution in [2.75, 3.05) is 14.8 Å². The van der Waals surface area contributed by atoms with Crippen LogP contribution in [0.4, 0.5) is 44.3 Å². The van der Waals surface area contributed by atoms with Gasteiger partial charge in [-0.05, 0) is 137 Å². The van der Waals surface area contributed by atoms with E-state index in [0.29, 0.717) is 27.9 Å². The Labute approximate surface area is 547 Å². The molecule has 0 fully saturated rings. The van der Waals surface area contributed by atoms with Crippen LogP contribution in [0.1, 0.15) is 33.5 Å². The SMILES string of the molecule is Cc1ccc(Cc2nc(Nc3ccc(S(=O)(=O)O)cc3)c(N=Nc3sc(N=Nc4ccc5cc(S(=O)(=O)Nc6cc(S(=O)(=O)O)c7ccccc7c6)cc(S(=O)(=O)Nc6ccc7cccc(S(=O)(=O)O)c7c6)c5c4)c(-c4ccc5ccccc5c4)c3C#N)c(C)c2C#N)cc1. The van der Waals surface area contributed by atoms with Crippen LogP contribution in [0, 0.1) is 36.5 Å². The molecular weight excluding hydrogens is 1330 g/mol. The molecule has 0 amide bonds. The standard InChI is InChI=1S/C66H46N10O13S6/c1-38-14-16-40(17-15-38)28-58-56(36-67)39(2)63(64(70-58)69-47-24-26-51(27-25-47)93(81,82)83)72-73-65-57(37-68)62(46-19-18-41-8-3-4-9-43(41)29-46)66(90-65)74-71-48-22-21-45-31-52(91(77,78)76-50-30-44-10-5-6-12-53(44)61(34-50)95(87,88)89)35-60(55(45)32-48)92(79,80)75-49-23-20-42-11-7-13-59(54(42)33-49)94(84,85)86/h3-27,29-35,75-76H,28H2,1-2H3,(H,69,70)(H,81,82,83)(H,84,85,86)(H,87,88,89). The van der Waals surface area contributed by atoms with Crippen LogP contribution in [-0.2, 0) is 56.8 Å². The Morgan fingerprint density at radius 1 is 0.474 bits per heavy atom. The summed E-state index contributed by atoms with van der Waals surface area (Å²) in [5.74, 6) is 0.0910. The van der Waals surface area contributed by atoms with Crippen molar-refractivity contribution in [2.45, 2.75) is 44.7 Å². The van der Waals surface area contributed by atoms with Crippen LogP contribution in [0.3, 0.4) is 0 Å². The van der Waals surface area contributed by atoms with Crippen LogP contribution in [-0.4, -0.2) is 60.7 Å². The first-order chi connectivity index (χ1) is 45.1. The highest BCUT2D eigenvalue weighted by molar-refractivity contribution is 7.93. The highest BCUT2D eigenvalue weighted by Crippen LogP contribution is 2.49. The second kappa shape index (κ2) is 25.0. The van der Waals surface area contributed by atoms with E-state index in [4.69, 9.17) is 4.98 Å². The number of benzene rings is 10. The molecule has 0 saturated heterocycles. The predicted octanol–water partition coefficient (Wildman–Crippen LogP) is 15.3. The van der Waals surface area contributed by atoms with Gasteiger partial charge in [0.2, 0.25) is 0 Å². The third-order valence-corrected chi connectivity index (χ3v) is 21.6. The lowest BCUT2D eigenvalue weighted by Crippen LogP contribution is -2.17. The van der Waals surface area contributed by atoms with E-state index >= 15 is 0 Å². The number of aryl methyl sites for hydroxylation is 1. The van der Waals surface area contributed by atoms with Crippen molar-refractivity contribution < 1.29 is 55.7 Å². The summed E-state index contributed by atoms with van der Waals surface area (Å²) in [6, 6.07) is 52.4. The van der Waals surface area contributed by atoms with Gasteiger partial charge in [0, 0.05) is 45.1 Å². The normalized spacial score (nSPS) is 12.4. The molecule has 2 aromatic heterocycles. The number of aromatic nitrogens is 1. The fourth-order valence-electron chi connectivity index (χ4n) is 10.7. The monoisotopic (exact) mass is 1380 g/mol. The lowest BCUT2D eigenvalue weighted by Gasteiger charge is -2.16. The molecular formula is C66H46N10O13S6. The Balaban J connectivity index is 0.988. The summed E-state index contributed by atoms with van der Waals surface area (Å²) >= 11 is 0.899. The largest absolute Gasteiger partial charge is 0.338 e. The fraction of sp³-hybridized carbons (Fsp3) is 0.0455. The van der Waals surface area contributed by atoms with Gasteiger partial charge in [-0.3, -0.25) is 23.1 Å². The lowest BCUT2D eigenvalue weighted by molar-refractivity contribution is 0.481. The van der Waals surface area contributed by atoms with Gasteiger partial charge in [0.15, 0.2) is 10.8 Å². The van der Waals surface area contributed by atoms with Crippen LogP contribution >= 0.6 is 11.3 Å². The van der Waals surface area contributed by atoms with E-state index in [1.54, 1.807) is 19.1 Å². The highest BCUT2D eigenvalue weighted by atomic mass is 32.2. The number of azo groups is 2. The van der Waals surface area contributed by atoms with Gasteiger partial charge < -0.3 is 5.32 Å². The van der Waals surface area contributed by atoms with Crippen molar-refractivity contribution in [3.8, 4) is 23.3 Å². The van der Waals surface area contributed by atoms with Gasteiger partial charge in [-0.2, -0.15) is 35.8 Å². The van der Waals surface area contributed by atoms with Crippen molar-refractivity contribution in [3.05, 3.63) is 228 Å². The molecule has 0 atom stereocenters. The van der Waals surface area contributed by atoms with Crippen molar-refractivity contribution in [2.24, 2.45) is 20.5 Å². The van der Waals surface area contributed by atoms with Crippen LogP contribution in [0.2, 0.25) is 0 Å². The maximum atomic E-state index is 15.0. The Morgan fingerprint density at radius 2 is 1.09 bits per heavy atom. The molecule has 474 valence electrons. The molecule has 10 aromatic carbocycles. The van der Waals surface area contributed by atoms with E-state index in [1.165, 1.54) is 97.1 Å². The van der Waals surface area contributed by atoms with E-state index in [-0.39, 0.29) is 93.5 Å². The summed E-state index contributed by atoms with van der Waals surface area (Å²) in [5.41, 5.74) is 3.37. The van der Waals surface area contributed by atoms with E-state index in [1.807, 2.05) is 67.6 Å². The molecule has 12 rings (SSSR count). The molecule has 12 aromatic rings. The number of hydrogen-bond donors (Lipinski definition) is 6. The van der Waals surface area contributed by atoms with E-state index in [0.717, 1.165) is 57.5 Å². The van der Waals surface area contributed by atoms with Crippen molar-refractivity contribution in [3.63, 3.8) is 0 Å². The van der Waals surface area contributed by atoms with Gasteiger partial charge in [0.1, 0.15) is 38.2 Å². The number of thiophene rings is 1. The summed E-state index contributed by atoms with van der Waals surface area (Å²) in [5, 5.41) is 45.6. The van der Waals surface area contributed by atoms with Crippen molar-refractivity contribution >= 4 is 149 Å². The summed E-state index contributed by atoms with van der Waals surface area (Å²) < 4.78 is 168. The van der Waals surface area contributed by atoms with Crippen LogP contribution in [0.15, 0.2) is 239 Å². The van der Waals surface area contributed by atoms with Gasteiger partial charge >= 0.3 is 0 Å². The number of anilines is 4. The Morgan fingerprint density at radius 3 is 1.80 bits per heavy atom. The second-order valence-electron chi connectivity index (χ2n) is 21.6. The maximum absolute atomic E-state index is 15.0. The number of nitriles is 2. The van der Waals surface area contributed by atoms with Gasteiger partial charge in [-0.25, -0.2) is 21.8 Å². The van der Waals surface area contributed by atoms with Gasteiger partial charge in [-0.1, -0.05) is 126 Å². The van der Waals surface area contributed by atoms with E-state index in [9.17, 15) is 66.3 Å². The number of nitrogens with zero attached hydrogens (tertiary/aromatic N) is 7. The van der Waals surface area contributed by atoms with E-state index < -0.39 is 70.0 Å². The third-order valence-electron chi connectivity index (χ3n) is 15.2. The molecule has 0 aliphatic rings. The molecule has 29 heteroatoms. The summed E-state index contributed by atoms with van der Waals surface area (Å²) in [7, 11) is -24.1. The molecule has 0 aliphatic carbocycles. The number of hydrogen-bond acceptors (Lipinski definition) is 19. The predicted molar refractivity (Wildman–Crippen MR) is 361 cm³/mol. The molecule has 0 spiro atoms. The number of pyridine rings is 1. The average molecular weight is 1380 g/mol. The molecule has 0 radical (unpaired) electrons. The van der Waals surface area contributed by atoms with E-state index in [2.05, 4.69) is 47.4 Å². The number of sulfonamides is 2. The highest BCUT2D eigenvalue weighted by Gasteiger charge is 2.28. The van der Waals surface area contributed by atoms with Crippen LogP contribution in [0.25, 0.3) is 54.2 Å². The molecule has 0 saturated carbocycles. The number of fused-ring (bicyclic) bond motifs is 4. The molecule has 23 nitrogen and oxygen atoms in total. The van der Waals surface area contributed by atoms with Gasteiger partial charge in [0.25, 0.3) is 50.4 Å². The first-order valence-corrected chi connectivity index (χ1v) is 36.1. The molecule has 0 unspecified atom stereocenters. The quantitative estimate of drug-likeness (QED) is 0.0343. The van der Waals surface area contributed by atoms with Gasteiger partial charge in [-0.15, -0.1) is 20.5 Å². The molecule has 6 N–H and O–H groups in total. The first-order valence-electron chi connectivity index (χ1n) is 28.0. The third kappa shape index (κ3) is 13.5. The minimum Gasteiger partial charge on any atom is -0.338 e. The number of nitrogens with one attached hydrogen (secondary N) is 3. The Hall–Kier alpha value is -10.7. The Bertz CT molecular complexity index is 5980. The van der Waals surface area contributed by atoms with Crippen molar-refractivity contribution in [1.29, 1.82) is 10.5 Å². The average Bonchev–Trinajstić information content (AvgIpc) is 1.76. The summed E-state index contributed by atoms with van der Waals surface area (Å²) in [4.78, 5) is 2.06. The van der Waals surface area contributed by atoms with Gasteiger partial charge in [0.05, 0.1) is 37.3 Å². The smallest absolute Gasteiger partial charge is 0.295 e. The zero-order valence-corrected chi connectivity index (χ0v) is 54.1. The first kappa shape index (κ1) is 64.4. The maximum Gasteiger partial charge on any atom is 0.295 e. The zero-order chi connectivity index (χ0) is 67.4. The molecule has 2 heterocycles. The number of rotatable bonds is 18. The summed E-state index contributed by atoms with van der Waals surface area (Å²) in [6.07, 6.45) is 0.224. The minimum atomic E-state index is -4.95. The lowest BCUT2D eigenvalue weighted by atomic mass is 10.00. The zero-order valence-electron chi connectivity index (χ0n) is 49.2. The van der Waals surface area contributed by atoms with Crippen LogP contribution in [0.5, 0.6) is 0 Å². The van der Waals surface area contributed by atoms with Crippen LogP contribution < -0.4 is 14.8 Å². The fourth-order valence-corrected chi connectivity index (χ4v) is 16.0. The second-order valence-corrected chi connectivity index (χ2v) is 30.1. The summed E-state index contributed by atoms with van der Waals surface area (Å²) in [6.45, 7) is 3.59. The van der Waals surface area contributed by atoms with Crippen molar-refractivity contribution in [1.82, 2.24) is 4.98 Å². The molecule has 0 bridgehead atoms.